The Morgan fingerprint density at radius 2 is 2.29 bits per heavy atom. The van der Waals surface area contributed by atoms with Crippen LogP contribution in [0.4, 0.5) is 0 Å². The molecule has 1 aliphatic rings. The van der Waals surface area contributed by atoms with E-state index in [-0.39, 0.29) is 5.91 Å². The van der Waals surface area contributed by atoms with Crippen LogP contribution in [0.15, 0.2) is 24.5 Å². The van der Waals surface area contributed by atoms with E-state index in [1.54, 1.807) is 24.5 Å². The molecule has 2 rings (SSSR count). The smallest absolute Gasteiger partial charge is 0.252 e. The molecule has 1 aromatic heterocycles. The first-order valence-electron chi connectivity index (χ1n) is 6.12. The molecule has 1 N–H and O–H groups in total. The monoisotopic (exact) mass is 234 g/mol. The summed E-state index contributed by atoms with van der Waals surface area (Å²) in [4.78, 5) is 15.6. The Balaban J connectivity index is 1.69. The lowest BCUT2D eigenvalue weighted by Gasteiger charge is -2.21. The highest BCUT2D eigenvalue weighted by Crippen LogP contribution is 2.17. The minimum Gasteiger partial charge on any atom is -0.381 e. The molecular weight excluding hydrogens is 216 g/mol. The Kier molecular flexibility index (Phi) is 4.50. The number of rotatable bonds is 4. The van der Waals surface area contributed by atoms with E-state index in [0.29, 0.717) is 11.5 Å². The quantitative estimate of drug-likeness (QED) is 0.861. The number of amides is 1. The summed E-state index contributed by atoms with van der Waals surface area (Å²) >= 11 is 0. The molecule has 1 amide bonds. The van der Waals surface area contributed by atoms with Crippen molar-refractivity contribution in [2.45, 2.75) is 19.3 Å². The molecule has 0 radical (unpaired) electrons. The molecule has 4 heteroatoms. The van der Waals surface area contributed by atoms with Crippen molar-refractivity contribution in [1.82, 2.24) is 10.3 Å². The Bertz CT molecular complexity index is 348. The van der Waals surface area contributed by atoms with E-state index in [1.165, 1.54) is 0 Å². The standard InChI is InChI=1S/C13H18N2O2/c16-13(12-2-1-6-14-10-12)15-7-3-11-4-8-17-9-5-11/h1-2,6,10-11H,3-5,7-9H2,(H,15,16). The van der Waals surface area contributed by atoms with Gasteiger partial charge in [0.1, 0.15) is 0 Å². The van der Waals surface area contributed by atoms with E-state index in [9.17, 15) is 4.79 Å². The second kappa shape index (κ2) is 6.35. The van der Waals surface area contributed by atoms with Crippen molar-refractivity contribution in [3.05, 3.63) is 30.1 Å². The van der Waals surface area contributed by atoms with Crippen molar-refractivity contribution in [3.8, 4) is 0 Å². The van der Waals surface area contributed by atoms with Gasteiger partial charge in [-0.25, -0.2) is 0 Å². The van der Waals surface area contributed by atoms with Crippen LogP contribution >= 0.6 is 0 Å². The van der Waals surface area contributed by atoms with Gasteiger partial charge in [0.15, 0.2) is 0 Å². The van der Waals surface area contributed by atoms with Gasteiger partial charge >= 0.3 is 0 Å². The molecule has 0 spiro atoms. The highest BCUT2D eigenvalue weighted by Gasteiger charge is 2.13. The molecule has 1 saturated heterocycles. The van der Waals surface area contributed by atoms with Crippen molar-refractivity contribution in [2.24, 2.45) is 5.92 Å². The summed E-state index contributed by atoms with van der Waals surface area (Å²) in [5.74, 6) is 0.656. The Labute approximate surface area is 101 Å². The minimum atomic E-state index is -0.0369. The van der Waals surface area contributed by atoms with Crippen LogP contribution in [-0.4, -0.2) is 30.6 Å². The molecule has 0 aliphatic carbocycles. The van der Waals surface area contributed by atoms with Gasteiger partial charge in [-0.3, -0.25) is 9.78 Å². The first-order valence-corrected chi connectivity index (χ1v) is 6.12. The first kappa shape index (κ1) is 12.0. The zero-order valence-electron chi connectivity index (χ0n) is 9.89. The molecule has 0 bridgehead atoms. The number of hydrogen-bond donors (Lipinski definition) is 1. The zero-order chi connectivity index (χ0) is 11.9. The topological polar surface area (TPSA) is 51.2 Å². The molecule has 4 nitrogen and oxygen atoms in total. The van der Waals surface area contributed by atoms with E-state index in [4.69, 9.17) is 4.74 Å². The zero-order valence-corrected chi connectivity index (χ0v) is 9.89. The summed E-state index contributed by atoms with van der Waals surface area (Å²) in [6, 6.07) is 3.55. The lowest BCUT2D eigenvalue weighted by molar-refractivity contribution is 0.0636. The molecule has 0 saturated carbocycles. The molecule has 92 valence electrons. The van der Waals surface area contributed by atoms with Crippen LogP contribution in [0.5, 0.6) is 0 Å². The van der Waals surface area contributed by atoms with Crippen LogP contribution in [0.25, 0.3) is 0 Å². The van der Waals surface area contributed by atoms with Crippen LogP contribution in [0.1, 0.15) is 29.6 Å². The Morgan fingerprint density at radius 3 is 3.00 bits per heavy atom. The third-order valence-electron chi connectivity index (χ3n) is 3.10. The highest BCUT2D eigenvalue weighted by atomic mass is 16.5. The summed E-state index contributed by atoms with van der Waals surface area (Å²) in [6.45, 7) is 2.46. The van der Waals surface area contributed by atoms with E-state index < -0.39 is 0 Å². The summed E-state index contributed by atoms with van der Waals surface area (Å²) < 4.78 is 5.30. The second-order valence-corrected chi connectivity index (χ2v) is 4.34. The van der Waals surface area contributed by atoms with Crippen LogP contribution in [0.2, 0.25) is 0 Å². The predicted octanol–water partition coefficient (Wildman–Crippen LogP) is 1.63. The third kappa shape index (κ3) is 3.82. The maximum absolute atomic E-state index is 11.7. The predicted molar refractivity (Wildman–Crippen MR) is 64.7 cm³/mol. The molecule has 1 aromatic rings. The van der Waals surface area contributed by atoms with Crippen LogP contribution in [-0.2, 0) is 4.74 Å². The van der Waals surface area contributed by atoms with Crippen LogP contribution < -0.4 is 5.32 Å². The number of carbonyl (C=O) groups excluding carboxylic acids is 1. The van der Waals surface area contributed by atoms with Crippen molar-refractivity contribution in [3.63, 3.8) is 0 Å². The van der Waals surface area contributed by atoms with Crippen molar-refractivity contribution in [2.75, 3.05) is 19.8 Å². The van der Waals surface area contributed by atoms with Gasteiger partial charge in [-0.05, 0) is 37.3 Å². The molecule has 0 aromatic carbocycles. The maximum Gasteiger partial charge on any atom is 0.252 e. The summed E-state index contributed by atoms with van der Waals surface area (Å²) in [5, 5.41) is 2.93. The number of nitrogens with one attached hydrogen (secondary N) is 1. The van der Waals surface area contributed by atoms with E-state index in [0.717, 1.165) is 39.0 Å². The molecule has 17 heavy (non-hydrogen) atoms. The van der Waals surface area contributed by atoms with Crippen molar-refractivity contribution >= 4 is 5.91 Å². The van der Waals surface area contributed by atoms with Gasteiger partial charge in [0.2, 0.25) is 0 Å². The number of carbonyl (C=O) groups is 1. The van der Waals surface area contributed by atoms with Gasteiger partial charge < -0.3 is 10.1 Å². The molecule has 2 heterocycles. The van der Waals surface area contributed by atoms with Crippen molar-refractivity contribution in [1.29, 1.82) is 0 Å². The Morgan fingerprint density at radius 1 is 1.47 bits per heavy atom. The fourth-order valence-corrected chi connectivity index (χ4v) is 2.02. The van der Waals surface area contributed by atoms with E-state index >= 15 is 0 Å². The number of ether oxygens (including phenoxy) is 1. The van der Waals surface area contributed by atoms with Gasteiger partial charge in [-0.15, -0.1) is 0 Å². The van der Waals surface area contributed by atoms with Gasteiger partial charge in [0.25, 0.3) is 5.91 Å². The molecule has 1 aliphatic heterocycles. The minimum absolute atomic E-state index is 0.0369. The molecule has 0 unspecified atom stereocenters. The lowest BCUT2D eigenvalue weighted by Crippen LogP contribution is -2.27. The molecular formula is C13H18N2O2. The summed E-state index contributed by atoms with van der Waals surface area (Å²) in [5.41, 5.74) is 0.625. The third-order valence-corrected chi connectivity index (χ3v) is 3.10. The molecule has 1 fully saturated rings. The SMILES string of the molecule is O=C(NCCC1CCOCC1)c1cccnc1. The van der Waals surface area contributed by atoms with E-state index in [2.05, 4.69) is 10.3 Å². The summed E-state index contributed by atoms with van der Waals surface area (Å²) in [6.07, 6.45) is 6.52. The first-order chi connectivity index (χ1) is 8.36. The fraction of sp³-hybridized carbons (Fsp3) is 0.538. The van der Waals surface area contributed by atoms with Crippen LogP contribution in [0, 0.1) is 5.92 Å². The normalized spacial score (nSPS) is 16.7. The number of pyridine rings is 1. The lowest BCUT2D eigenvalue weighted by atomic mass is 9.97. The number of nitrogens with zero attached hydrogens (tertiary/aromatic N) is 1. The van der Waals surface area contributed by atoms with E-state index in [1.807, 2.05) is 0 Å². The van der Waals surface area contributed by atoms with Crippen molar-refractivity contribution < 1.29 is 9.53 Å². The van der Waals surface area contributed by atoms with Gasteiger partial charge in [-0.1, -0.05) is 0 Å². The largest absolute Gasteiger partial charge is 0.381 e. The van der Waals surface area contributed by atoms with Crippen LogP contribution in [0.3, 0.4) is 0 Å². The molecule has 0 atom stereocenters. The van der Waals surface area contributed by atoms with Gasteiger partial charge in [-0.2, -0.15) is 0 Å². The Hall–Kier alpha value is -1.42. The average Bonchev–Trinajstić information content (AvgIpc) is 2.41. The van der Waals surface area contributed by atoms with Gasteiger partial charge in [0, 0.05) is 32.2 Å². The number of hydrogen-bond acceptors (Lipinski definition) is 3. The maximum atomic E-state index is 11.7. The fourth-order valence-electron chi connectivity index (χ4n) is 2.02. The highest BCUT2D eigenvalue weighted by molar-refractivity contribution is 5.93. The average molecular weight is 234 g/mol. The second-order valence-electron chi connectivity index (χ2n) is 4.34. The van der Waals surface area contributed by atoms with Gasteiger partial charge in [0.05, 0.1) is 5.56 Å². The number of aromatic nitrogens is 1. The summed E-state index contributed by atoms with van der Waals surface area (Å²) in [7, 11) is 0.